The Bertz CT molecular complexity index is 221. The standard InChI is InChI=1S/C11H20O7/c1-13-2-3-14-4-5-15-6-7-16-8-10-9-17-11(12)18-10/h10H,2-9H2,1H3. The van der Waals surface area contributed by atoms with Gasteiger partial charge >= 0.3 is 6.16 Å². The van der Waals surface area contributed by atoms with Crippen LogP contribution in [0.2, 0.25) is 0 Å². The van der Waals surface area contributed by atoms with E-state index in [0.717, 1.165) is 0 Å². The van der Waals surface area contributed by atoms with E-state index in [4.69, 9.17) is 23.7 Å². The number of hydrogen-bond acceptors (Lipinski definition) is 7. The molecule has 0 spiro atoms. The summed E-state index contributed by atoms with van der Waals surface area (Å²) in [4.78, 5) is 10.6. The Morgan fingerprint density at radius 1 is 1.06 bits per heavy atom. The number of cyclic esters (lactones) is 2. The van der Waals surface area contributed by atoms with Gasteiger partial charge in [-0.15, -0.1) is 0 Å². The van der Waals surface area contributed by atoms with Crippen LogP contribution < -0.4 is 0 Å². The molecule has 0 aromatic heterocycles. The van der Waals surface area contributed by atoms with Crippen LogP contribution in [0, 0.1) is 0 Å². The van der Waals surface area contributed by atoms with Crippen LogP contribution in [-0.2, 0) is 28.4 Å². The summed E-state index contributed by atoms with van der Waals surface area (Å²) in [6, 6.07) is 0. The molecule has 1 atom stereocenters. The molecule has 0 aromatic rings. The van der Waals surface area contributed by atoms with Gasteiger partial charge in [0.15, 0.2) is 6.10 Å². The topological polar surface area (TPSA) is 72.5 Å². The number of rotatable bonds is 11. The van der Waals surface area contributed by atoms with Gasteiger partial charge in [0.05, 0.1) is 46.2 Å². The van der Waals surface area contributed by atoms with Crippen LogP contribution in [0.5, 0.6) is 0 Å². The molecule has 0 aliphatic carbocycles. The van der Waals surface area contributed by atoms with Gasteiger partial charge in [0.2, 0.25) is 0 Å². The van der Waals surface area contributed by atoms with Crippen molar-refractivity contribution in [2.75, 3.05) is 60.0 Å². The number of carbonyl (C=O) groups excluding carboxylic acids is 1. The molecule has 1 aliphatic rings. The van der Waals surface area contributed by atoms with Crippen LogP contribution in [0.1, 0.15) is 0 Å². The minimum Gasteiger partial charge on any atom is -0.430 e. The maximum atomic E-state index is 10.6. The van der Waals surface area contributed by atoms with Crippen molar-refractivity contribution in [3.8, 4) is 0 Å². The summed E-state index contributed by atoms with van der Waals surface area (Å²) >= 11 is 0. The summed E-state index contributed by atoms with van der Waals surface area (Å²) in [5.74, 6) is 0. The Balaban J connectivity index is 1.75. The van der Waals surface area contributed by atoms with Crippen LogP contribution in [-0.4, -0.2) is 72.2 Å². The molecule has 1 saturated heterocycles. The highest BCUT2D eigenvalue weighted by atomic mass is 16.8. The van der Waals surface area contributed by atoms with Crippen molar-refractivity contribution in [3.05, 3.63) is 0 Å². The summed E-state index contributed by atoms with van der Waals surface area (Å²) in [5, 5.41) is 0. The van der Waals surface area contributed by atoms with Gasteiger partial charge in [-0.25, -0.2) is 4.79 Å². The zero-order valence-corrected chi connectivity index (χ0v) is 10.6. The number of methoxy groups -OCH3 is 1. The first-order valence-electron chi connectivity index (χ1n) is 5.88. The fourth-order valence-electron chi connectivity index (χ4n) is 1.24. The normalized spacial score (nSPS) is 18.7. The molecule has 0 N–H and O–H groups in total. The molecule has 1 fully saturated rings. The van der Waals surface area contributed by atoms with E-state index in [1.807, 2.05) is 0 Å². The first kappa shape index (κ1) is 15.2. The van der Waals surface area contributed by atoms with Gasteiger partial charge in [-0.3, -0.25) is 0 Å². The zero-order valence-electron chi connectivity index (χ0n) is 10.6. The lowest BCUT2D eigenvalue weighted by Crippen LogP contribution is -2.20. The quantitative estimate of drug-likeness (QED) is 0.390. The Morgan fingerprint density at radius 3 is 2.22 bits per heavy atom. The molecule has 0 saturated carbocycles. The van der Waals surface area contributed by atoms with E-state index >= 15 is 0 Å². The average Bonchev–Trinajstić information content (AvgIpc) is 2.77. The molecular weight excluding hydrogens is 244 g/mol. The summed E-state index contributed by atoms with van der Waals surface area (Å²) in [7, 11) is 1.63. The van der Waals surface area contributed by atoms with E-state index < -0.39 is 6.16 Å². The molecule has 0 aromatic carbocycles. The smallest absolute Gasteiger partial charge is 0.430 e. The largest absolute Gasteiger partial charge is 0.508 e. The lowest BCUT2D eigenvalue weighted by atomic mass is 10.4. The van der Waals surface area contributed by atoms with E-state index in [0.29, 0.717) is 46.2 Å². The second-order valence-corrected chi connectivity index (χ2v) is 3.59. The van der Waals surface area contributed by atoms with E-state index in [9.17, 15) is 4.79 Å². The average molecular weight is 264 g/mol. The molecule has 1 rings (SSSR count). The van der Waals surface area contributed by atoms with Gasteiger partial charge in [0.25, 0.3) is 0 Å². The van der Waals surface area contributed by atoms with Crippen molar-refractivity contribution >= 4 is 6.16 Å². The van der Waals surface area contributed by atoms with Gasteiger partial charge in [-0.1, -0.05) is 0 Å². The fraction of sp³-hybridized carbons (Fsp3) is 0.909. The first-order chi connectivity index (χ1) is 8.83. The Labute approximate surface area is 106 Å². The van der Waals surface area contributed by atoms with Crippen LogP contribution in [0.4, 0.5) is 4.79 Å². The van der Waals surface area contributed by atoms with Crippen molar-refractivity contribution in [2.24, 2.45) is 0 Å². The molecule has 1 aliphatic heterocycles. The Morgan fingerprint density at radius 2 is 1.67 bits per heavy atom. The number of ether oxygens (including phenoxy) is 6. The van der Waals surface area contributed by atoms with Crippen molar-refractivity contribution in [1.82, 2.24) is 0 Å². The maximum Gasteiger partial charge on any atom is 0.508 e. The Kier molecular flexibility index (Phi) is 8.49. The zero-order chi connectivity index (χ0) is 13.1. The highest BCUT2D eigenvalue weighted by Gasteiger charge is 2.24. The van der Waals surface area contributed by atoms with E-state index in [-0.39, 0.29) is 12.7 Å². The van der Waals surface area contributed by atoms with Crippen LogP contribution in [0.25, 0.3) is 0 Å². The van der Waals surface area contributed by atoms with Gasteiger partial charge in [0.1, 0.15) is 6.61 Å². The summed E-state index contributed by atoms with van der Waals surface area (Å²) in [5.41, 5.74) is 0. The lowest BCUT2D eigenvalue weighted by molar-refractivity contribution is -0.0102. The lowest BCUT2D eigenvalue weighted by Gasteiger charge is -2.08. The molecule has 1 heterocycles. The summed E-state index contributed by atoms with van der Waals surface area (Å²) < 4.78 is 30.0. The van der Waals surface area contributed by atoms with Crippen LogP contribution in [0.15, 0.2) is 0 Å². The van der Waals surface area contributed by atoms with Crippen molar-refractivity contribution < 1.29 is 33.2 Å². The molecule has 18 heavy (non-hydrogen) atoms. The molecule has 106 valence electrons. The molecule has 7 nitrogen and oxygen atoms in total. The highest BCUT2D eigenvalue weighted by Crippen LogP contribution is 2.05. The predicted molar refractivity (Wildman–Crippen MR) is 60.6 cm³/mol. The summed E-state index contributed by atoms with van der Waals surface area (Å²) in [6.07, 6.45) is -0.928. The molecule has 0 bridgehead atoms. The predicted octanol–water partition coefficient (Wildman–Crippen LogP) is 0.218. The van der Waals surface area contributed by atoms with Crippen molar-refractivity contribution in [2.45, 2.75) is 6.10 Å². The monoisotopic (exact) mass is 264 g/mol. The third kappa shape index (κ3) is 7.44. The third-order valence-corrected chi connectivity index (χ3v) is 2.13. The number of hydrogen-bond donors (Lipinski definition) is 0. The summed E-state index contributed by atoms with van der Waals surface area (Å²) in [6.45, 7) is 3.74. The van der Waals surface area contributed by atoms with E-state index in [1.165, 1.54) is 0 Å². The van der Waals surface area contributed by atoms with Gasteiger partial charge in [-0.05, 0) is 0 Å². The van der Waals surface area contributed by atoms with Crippen LogP contribution >= 0.6 is 0 Å². The third-order valence-electron chi connectivity index (χ3n) is 2.13. The van der Waals surface area contributed by atoms with Gasteiger partial charge in [0, 0.05) is 7.11 Å². The fourth-order valence-corrected chi connectivity index (χ4v) is 1.24. The van der Waals surface area contributed by atoms with Crippen molar-refractivity contribution in [3.63, 3.8) is 0 Å². The maximum absolute atomic E-state index is 10.6. The second kappa shape index (κ2) is 10.1. The minimum absolute atomic E-state index is 0.257. The minimum atomic E-state index is -0.631. The number of carbonyl (C=O) groups is 1. The van der Waals surface area contributed by atoms with Crippen molar-refractivity contribution in [1.29, 1.82) is 0 Å². The van der Waals surface area contributed by atoms with Crippen LogP contribution in [0.3, 0.4) is 0 Å². The molecule has 0 amide bonds. The molecule has 0 radical (unpaired) electrons. The van der Waals surface area contributed by atoms with Gasteiger partial charge < -0.3 is 28.4 Å². The molecule has 1 unspecified atom stereocenters. The first-order valence-corrected chi connectivity index (χ1v) is 5.88. The SMILES string of the molecule is COCCOCCOCCOCC1COC(=O)O1. The Hall–Kier alpha value is -0.890. The van der Waals surface area contributed by atoms with Gasteiger partial charge in [-0.2, -0.15) is 0 Å². The van der Waals surface area contributed by atoms with E-state index in [2.05, 4.69) is 4.74 Å². The molecule has 7 heteroatoms. The molecular formula is C11H20O7. The highest BCUT2D eigenvalue weighted by molar-refractivity contribution is 5.61. The van der Waals surface area contributed by atoms with E-state index in [1.54, 1.807) is 7.11 Å². The second-order valence-electron chi connectivity index (χ2n) is 3.59.